The largest absolute Gasteiger partial charge is 0.370 e. The number of aromatic nitrogens is 1. The third-order valence-corrected chi connectivity index (χ3v) is 18.2. The van der Waals surface area contributed by atoms with Crippen LogP contribution in [0.5, 0.6) is 0 Å². The van der Waals surface area contributed by atoms with Crippen LogP contribution >= 0.6 is 0 Å². The summed E-state index contributed by atoms with van der Waals surface area (Å²) in [7, 11) is 0. The molecule has 12 atom stereocenters. The first-order valence-corrected chi connectivity index (χ1v) is 38.1. The molecule has 3 aromatic rings. The van der Waals surface area contributed by atoms with Crippen LogP contribution in [0.4, 0.5) is 0 Å². The van der Waals surface area contributed by atoms with Gasteiger partial charge in [0.15, 0.2) is 5.96 Å². The molecular weight excluding hydrogens is 1500 g/mol. The highest BCUT2D eigenvalue weighted by Gasteiger charge is 2.38. The maximum atomic E-state index is 14.6. The predicted octanol–water partition coefficient (Wildman–Crippen LogP) is -5.23. The molecule has 115 heavy (non-hydrogen) atoms. The first-order valence-electron chi connectivity index (χ1n) is 38.1. The van der Waals surface area contributed by atoms with E-state index in [0.29, 0.717) is 22.0 Å². The third-order valence-electron chi connectivity index (χ3n) is 18.2. The second kappa shape index (κ2) is 47.3. The zero-order valence-corrected chi connectivity index (χ0v) is 66.3. The van der Waals surface area contributed by atoms with E-state index >= 15 is 0 Å². The number of aromatic amines is 1. The number of rotatable bonds is 50. The van der Waals surface area contributed by atoms with Crippen LogP contribution in [-0.2, 0) is 99.1 Å². The van der Waals surface area contributed by atoms with E-state index in [0.717, 1.165) is 0 Å². The Balaban J connectivity index is 1.51. The summed E-state index contributed by atoms with van der Waals surface area (Å²) in [5.74, 6) is -17.7. The first kappa shape index (κ1) is 95.1. The minimum atomic E-state index is -1.89. The summed E-state index contributed by atoms with van der Waals surface area (Å²) in [5.41, 5.74) is 29.2. The average Bonchev–Trinajstić information content (AvgIpc) is 1.68. The molecule has 1 aliphatic heterocycles. The van der Waals surface area contributed by atoms with Crippen molar-refractivity contribution in [1.29, 1.82) is 5.41 Å². The Kier molecular flexibility index (Phi) is 39.1. The summed E-state index contributed by atoms with van der Waals surface area (Å²) in [6, 6.07) is -1.37. The van der Waals surface area contributed by atoms with Crippen molar-refractivity contribution in [2.24, 2.45) is 52.3 Å². The number of carbonyl (C=O) groups excluding carboxylic acids is 18. The van der Waals surface area contributed by atoms with Crippen LogP contribution in [0.25, 0.3) is 10.9 Å². The van der Waals surface area contributed by atoms with Gasteiger partial charge in [0.05, 0.1) is 19.5 Å². The van der Waals surface area contributed by atoms with Crippen LogP contribution in [0, 0.1) is 29.1 Å². The molecule has 632 valence electrons. The lowest BCUT2D eigenvalue weighted by molar-refractivity contribution is -0.136. The number of benzene rings is 2. The van der Waals surface area contributed by atoms with Crippen LogP contribution in [-0.4, -0.2) is 209 Å². The number of fused-ring (bicyclic) bond motifs is 1. The van der Waals surface area contributed by atoms with E-state index in [-0.39, 0.29) is 94.9 Å². The van der Waals surface area contributed by atoms with Crippen molar-refractivity contribution in [3.63, 3.8) is 0 Å². The van der Waals surface area contributed by atoms with E-state index in [1.165, 1.54) is 6.92 Å². The van der Waals surface area contributed by atoms with Gasteiger partial charge >= 0.3 is 0 Å². The summed E-state index contributed by atoms with van der Waals surface area (Å²) in [4.78, 5) is 246. The number of carbonyl (C=O) groups is 18. The Hall–Kier alpha value is -12.3. The van der Waals surface area contributed by atoms with Crippen molar-refractivity contribution in [1.82, 2.24) is 84.7 Å². The number of H-pyrrole nitrogens is 1. The van der Waals surface area contributed by atoms with Crippen molar-refractivity contribution in [3.8, 4) is 0 Å². The Morgan fingerprint density at radius 2 is 0.904 bits per heavy atom. The fourth-order valence-electron chi connectivity index (χ4n) is 12.2. The van der Waals surface area contributed by atoms with E-state index < -0.39 is 223 Å². The summed E-state index contributed by atoms with van der Waals surface area (Å²) < 4.78 is 0. The van der Waals surface area contributed by atoms with Crippen molar-refractivity contribution >= 4 is 123 Å². The minimum Gasteiger partial charge on any atom is -0.370 e. The number of hydrogen-bond acceptors (Lipinski definition) is 19. The van der Waals surface area contributed by atoms with Gasteiger partial charge in [0.25, 0.3) is 0 Å². The molecule has 0 aliphatic carbocycles. The molecule has 12 unspecified atom stereocenters. The lowest BCUT2D eigenvalue weighted by atomic mass is 9.99. The molecule has 2 aromatic carbocycles. The number of nitrogens with one attached hydrogen (secondary N) is 17. The minimum absolute atomic E-state index is 0.0166. The van der Waals surface area contributed by atoms with Gasteiger partial charge in [0.2, 0.25) is 106 Å². The molecule has 0 saturated carbocycles. The number of para-hydroxylation sites is 1. The molecule has 1 fully saturated rings. The Morgan fingerprint density at radius 1 is 0.452 bits per heavy atom. The molecule has 27 N–H and O–H groups in total. The number of primary amides is 4. The molecule has 1 aromatic heterocycles. The average molecular weight is 1610 g/mol. The normalized spacial score (nSPS) is 15.3. The fourth-order valence-corrected chi connectivity index (χ4v) is 12.2. The molecule has 1 aliphatic rings. The van der Waals surface area contributed by atoms with Gasteiger partial charge in [0, 0.05) is 55.7 Å². The van der Waals surface area contributed by atoms with Crippen LogP contribution in [0.1, 0.15) is 150 Å². The lowest BCUT2D eigenvalue weighted by Gasteiger charge is -2.27. The first-order chi connectivity index (χ1) is 54.1. The van der Waals surface area contributed by atoms with Crippen LogP contribution in [0.2, 0.25) is 0 Å². The topological polar surface area (TPSA) is 657 Å². The summed E-state index contributed by atoms with van der Waals surface area (Å²) >= 11 is 0. The highest BCUT2D eigenvalue weighted by Crippen LogP contribution is 2.21. The Bertz CT molecular complexity index is 3960. The molecule has 0 spiro atoms. The summed E-state index contributed by atoms with van der Waals surface area (Å²) in [6.07, 6.45) is -1.08. The number of guanidine groups is 1. The smallest absolute Gasteiger partial charge is 0.243 e. The molecule has 2 heterocycles. The zero-order valence-electron chi connectivity index (χ0n) is 66.3. The monoisotopic (exact) mass is 1610 g/mol. The highest BCUT2D eigenvalue weighted by atomic mass is 16.2. The zero-order chi connectivity index (χ0) is 85.9. The summed E-state index contributed by atoms with van der Waals surface area (Å²) in [5, 5.41) is 45.9. The van der Waals surface area contributed by atoms with Crippen molar-refractivity contribution in [2.45, 2.75) is 225 Å². The predicted molar refractivity (Wildman–Crippen MR) is 418 cm³/mol. The highest BCUT2D eigenvalue weighted by molar-refractivity contribution is 6.01. The van der Waals surface area contributed by atoms with Gasteiger partial charge < -0.3 is 113 Å². The van der Waals surface area contributed by atoms with Crippen molar-refractivity contribution in [2.75, 3.05) is 19.6 Å². The third kappa shape index (κ3) is 34.3. The number of hydrogen-bond donors (Lipinski definition) is 22. The molecular formula is C75H114N22O18. The van der Waals surface area contributed by atoms with Crippen LogP contribution < -0.4 is 108 Å². The van der Waals surface area contributed by atoms with E-state index in [9.17, 15) is 86.3 Å². The van der Waals surface area contributed by atoms with Gasteiger partial charge in [0.1, 0.15) is 72.5 Å². The standard InChI is InChI=1S/C75H114N22O18/c1-37(2)28-50(63(79)104)93-71(112)52(30-39(5)6)95-72(113)53(31-42-16-11-10-12-17-42)88-61(103)36-85-74(115)62(40(7)8)97-64(105)41(9)86-70(111)54(32-43-34-83-45-19-14-13-18-44(43)45)96-69(110)49(22-25-57(77)99)92-73(114)55(33-58(78)100)89-60(102)35-84-65(106)51(29-38(3)4)94-66(107)46(20-15-27-82-75(80)81)90-68(109)48(21-24-56(76)98)91-67(108)47-23-26-59(101)87-47/h10-14,16-19,34,37-41,46-55,62,83H,15,20-33,35-36H2,1-9H3,(H2,76,98)(H2,77,99)(H2,78,100)(H2,79,104)(H,84,106)(H,85,115)(H,86,111)(H,87,101)(H,88,103)(H,89,102)(H,90,109)(H,91,108)(H,92,114)(H,93,112)(H,94,107)(H,95,113)(H,96,110)(H,97,105)(H4,80,81,82). The second-order valence-corrected chi connectivity index (χ2v) is 29.9. The molecule has 0 bridgehead atoms. The number of amides is 18. The summed E-state index contributed by atoms with van der Waals surface area (Å²) in [6.45, 7) is 13.6. The van der Waals surface area contributed by atoms with Crippen molar-refractivity contribution < 1.29 is 86.3 Å². The Morgan fingerprint density at radius 3 is 1.43 bits per heavy atom. The Labute approximate surface area is 665 Å². The van der Waals surface area contributed by atoms with Gasteiger partial charge in [-0.25, -0.2) is 0 Å². The van der Waals surface area contributed by atoms with Gasteiger partial charge in [-0.2, -0.15) is 0 Å². The van der Waals surface area contributed by atoms with Crippen molar-refractivity contribution in [3.05, 3.63) is 71.9 Å². The molecule has 18 amide bonds. The van der Waals surface area contributed by atoms with Crippen LogP contribution in [0.15, 0.2) is 60.8 Å². The maximum absolute atomic E-state index is 14.6. The van der Waals surface area contributed by atoms with E-state index in [1.54, 1.807) is 88.5 Å². The molecule has 0 radical (unpaired) electrons. The van der Waals surface area contributed by atoms with Crippen LogP contribution in [0.3, 0.4) is 0 Å². The molecule has 4 rings (SSSR count). The molecule has 1 saturated heterocycles. The lowest BCUT2D eigenvalue weighted by Crippen LogP contribution is -2.60. The second-order valence-electron chi connectivity index (χ2n) is 29.9. The maximum Gasteiger partial charge on any atom is 0.243 e. The van der Waals surface area contributed by atoms with Gasteiger partial charge in [-0.05, 0) is 99.2 Å². The number of nitrogens with two attached hydrogens (primary N) is 5. The van der Waals surface area contributed by atoms with E-state index in [1.807, 2.05) is 27.7 Å². The van der Waals surface area contributed by atoms with Gasteiger partial charge in [-0.15, -0.1) is 0 Å². The quantitative estimate of drug-likeness (QED) is 0.0143. The SMILES string of the molecule is CC(C)CC(NC(=O)C(CC(C)C)NC(=O)C(Cc1ccccc1)NC(=O)CNC(=O)C(NC(=O)C(C)NC(=O)C(Cc1c[nH]c2ccccc12)NC(=O)C(CCC(N)=O)NC(=O)C(CC(N)=O)NC(=O)CNC(=O)C(CC(C)C)NC(=O)C(CCCNC(=N)N)NC(=O)C(CCC(N)=O)NC(=O)C1CCC(=O)N1)C(C)C)C(N)=O. The van der Waals surface area contributed by atoms with Gasteiger partial charge in [-0.3, -0.25) is 91.7 Å². The molecule has 40 nitrogen and oxygen atoms in total. The van der Waals surface area contributed by atoms with E-state index in [2.05, 4.69) is 84.7 Å². The fraction of sp³-hybridized carbons (Fsp3) is 0.560. The van der Waals surface area contributed by atoms with Gasteiger partial charge in [-0.1, -0.05) is 104 Å². The molecule has 40 heteroatoms. The van der Waals surface area contributed by atoms with E-state index in [4.69, 9.17) is 34.1 Å².